The molecule has 0 aliphatic rings. The van der Waals surface area contributed by atoms with Crippen LogP contribution in [-0.4, -0.2) is 54.8 Å². The number of ether oxygens (including phenoxy) is 2. The van der Waals surface area contributed by atoms with Gasteiger partial charge in [-0.15, -0.1) is 0 Å². The lowest BCUT2D eigenvalue weighted by molar-refractivity contribution is -0.130. The zero-order chi connectivity index (χ0) is 30.4. The molecule has 2 aromatic rings. The summed E-state index contributed by atoms with van der Waals surface area (Å²) in [7, 11) is 1.51. The van der Waals surface area contributed by atoms with Gasteiger partial charge in [-0.25, -0.2) is 9.59 Å². The maximum absolute atomic E-state index is 13.3. The smallest absolute Gasteiger partial charge is 0.407 e. The Labute approximate surface area is 242 Å². The van der Waals surface area contributed by atoms with Gasteiger partial charge in [0.05, 0.1) is 12.1 Å². The van der Waals surface area contributed by atoms with Gasteiger partial charge in [0, 0.05) is 13.5 Å². The number of carbonyl (C=O) groups is 4. The topological polar surface area (TPSA) is 135 Å². The monoisotopic (exact) mass is 568 g/mol. The second-order valence-corrected chi connectivity index (χ2v) is 11.0. The minimum atomic E-state index is -0.895. The van der Waals surface area contributed by atoms with Crippen LogP contribution in [0.5, 0.6) is 0 Å². The largest absolute Gasteiger partial charge is 0.445 e. The molecule has 0 aliphatic heterocycles. The van der Waals surface area contributed by atoms with Crippen LogP contribution in [0.2, 0.25) is 0 Å². The van der Waals surface area contributed by atoms with E-state index >= 15 is 0 Å². The van der Waals surface area contributed by atoms with Crippen molar-refractivity contribution in [2.24, 2.45) is 5.92 Å². The summed E-state index contributed by atoms with van der Waals surface area (Å²) < 4.78 is 10.9. The van der Waals surface area contributed by atoms with Crippen molar-refractivity contribution in [1.82, 2.24) is 21.3 Å². The molecule has 0 spiro atoms. The SMILES string of the molecule is CC[C@H](C)[C@H](NC(=O)C[C@H](NC(=O)OCc1ccccc1)[C@H](Cc1ccccc1)NC(=O)OC(C)(C)C)C(=O)NC. The Morgan fingerprint density at radius 3 is 1.90 bits per heavy atom. The molecule has 0 unspecified atom stereocenters. The third kappa shape index (κ3) is 12.3. The Morgan fingerprint density at radius 2 is 1.37 bits per heavy atom. The predicted octanol–water partition coefficient (Wildman–Crippen LogP) is 4.08. The van der Waals surface area contributed by atoms with E-state index in [1.165, 1.54) is 7.05 Å². The average Bonchev–Trinajstić information content (AvgIpc) is 2.93. The van der Waals surface area contributed by atoms with Crippen molar-refractivity contribution in [2.75, 3.05) is 7.05 Å². The summed E-state index contributed by atoms with van der Waals surface area (Å²) >= 11 is 0. The van der Waals surface area contributed by atoms with Crippen molar-refractivity contribution in [3.8, 4) is 0 Å². The van der Waals surface area contributed by atoms with Crippen LogP contribution in [0.25, 0.3) is 0 Å². The van der Waals surface area contributed by atoms with E-state index in [9.17, 15) is 19.2 Å². The first-order valence-electron chi connectivity index (χ1n) is 13.9. The molecule has 41 heavy (non-hydrogen) atoms. The molecule has 4 atom stereocenters. The molecule has 2 rings (SSSR count). The molecule has 0 bridgehead atoms. The van der Waals surface area contributed by atoms with Gasteiger partial charge in [0.1, 0.15) is 18.2 Å². The second kappa shape index (κ2) is 16.2. The number of alkyl carbamates (subject to hydrolysis) is 2. The molecule has 4 N–H and O–H groups in total. The molecule has 0 fully saturated rings. The highest BCUT2D eigenvalue weighted by Crippen LogP contribution is 2.14. The van der Waals surface area contributed by atoms with Gasteiger partial charge >= 0.3 is 12.2 Å². The number of rotatable bonds is 13. The van der Waals surface area contributed by atoms with Gasteiger partial charge in [0.25, 0.3) is 0 Å². The van der Waals surface area contributed by atoms with Crippen molar-refractivity contribution >= 4 is 24.0 Å². The Bertz CT molecular complexity index is 1120. The zero-order valence-electron chi connectivity index (χ0n) is 24.9. The highest BCUT2D eigenvalue weighted by molar-refractivity contribution is 5.88. The van der Waals surface area contributed by atoms with Crippen LogP contribution in [0.1, 0.15) is 58.6 Å². The van der Waals surface area contributed by atoms with E-state index in [4.69, 9.17) is 9.47 Å². The standard InChI is InChI=1S/C31H44N4O6/c1-7-21(2)27(28(37)32-6)35-26(36)19-25(33-29(38)40-20-23-16-12-9-13-17-23)24(18-22-14-10-8-11-15-22)34-30(39)41-31(3,4)5/h8-17,21,24-25,27H,7,18-20H2,1-6H3,(H,32,37)(H,33,38)(H,34,39)(H,35,36)/t21-,24-,25-,27-/m0/s1. The van der Waals surface area contributed by atoms with Gasteiger partial charge in [-0.1, -0.05) is 80.9 Å². The summed E-state index contributed by atoms with van der Waals surface area (Å²) in [5.41, 5.74) is 0.917. The quantitative estimate of drug-likeness (QED) is 0.288. The Hall–Kier alpha value is -4.08. The summed E-state index contributed by atoms with van der Waals surface area (Å²) in [5.74, 6) is -0.898. The van der Waals surface area contributed by atoms with E-state index in [0.29, 0.717) is 12.8 Å². The third-order valence-corrected chi connectivity index (χ3v) is 6.47. The second-order valence-electron chi connectivity index (χ2n) is 11.0. The van der Waals surface area contributed by atoms with Crippen LogP contribution in [-0.2, 0) is 32.1 Å². The number of nitrogens with one attached hydrogen (secondary N) is 4. The number of benzene rings is 2. The third-order valence-electron chi connectivity index (χ3n) is 6.47. The summed E-state index contributed by atoms with van der Waals surface area (Å²) in [4.78, 5) is 51.6. The minimum absolute atomic E-state index is 0.0290. The van der Waals surface area contributed by atoms with E-state index in [-0.39, 0.29) is 24.9 Å². The van der Waals surface area contributed by atoms with Crippen LogP contribution in [0.15, 0.2) is 60.7 Å². The molecule has 10 nitrogen and oxygen atoms in total. The Balaban J connectivity index is 2.32. The fourth-order valence-corrected chi connectivity index (χ4v) is 4.12. The molecule has 0 radical (unpaired) electrons. The van der Waals surface area contributed by atoms with Gasteiger partial charge in [-0.3, -0.25) is 9.59 Å². The van der Waals surface area contributed by atoms with Gasteiger partial charge in [0.15, 0.2) is 0 Å². The van der Waals surface area contributed by atoms with Crippen LogP contribution in [0.3, 0.4) is 0 Å². The molecule has 4 amide bonds. The van der Waals surface area contributed by atoms with E-state index < -0.39 is 41.8 Å². The minimum Gasteiger partial charge on any atom is -0.445 e. The number of likely N-dealkylation sites (N-methyl/N-ethyl adjacent to an activating group) is 1. The highest BCUT2D eigenvalue weighted by atomic mass is 16.6. The van der Waals surface area contributed by atoms with E-state index in [0.717, 1.165) is 11.1 Å². The number of hydrogen-bond acceptors (Lipinski definition) is 6. The van der Waals surface area contributed by atoms with Gasteiger partial charge in [-0.2, -0.15) is 0 Å². The van der Waals surface area contributed by atoms with Crippen LogP contribution in [0.4, 0.5) is 9.59 Å². The van der Waals surface area contributed by atoms with Gasteiger partial charge < -0.3 is 30.7 Å². The lowest BCUT2D eigenvalue weighted by Crippen LogP contribution is -2.56. The van der Waals surface area contributed by atoms with Crippen molar-refractivity contribution in [3.05, 3.63) is 71.8 Å². The van der Waals surface area contributed by atoms with E-state index in [2.05, 4.69) is 21.3 Å². The van der Waals surface area contributed by atoms with Gasteiger partial charge in [0.2, 0.25) is 11.8 Å². The molecule has 10 heteroatoms. The van der Waals surface area contributed by atoms with Crippen LogP contribution in [0, 0.1) is 5.92 Å². The Morgan fingerprint density at radius 1 is 0.805 bits per heavy atom. The van der Waals surface area contributed by atoms with Crippen molar-refractivity contribution < 1.29 is 28.7 Å². The summed E-state index contributed by atoms with van der Waals surface area (Å²) in [6.45, 7) is 9.07. The number of hydrogen-bond donors (Lipinski definition) is 4. The predicted molar refractivity (Wildman–Crippen MR) is 157 cm³/mol. The van der Waals surface area contributed by atoms with E-state index in [1.807, 2.05) is 74.5 Å². The average molecular weight is 569 g/mol. The van der Waals surface area contributed by atoms with Crippen LogP contribution < -0.4 is 21.3 Å². The first-order valence-corrected chi connectivity index (χ1v) is 13.9. The molecule has 0 aromatic heterocycles. The first-order chi connectivity index (χ1) is 19.4. The molecule has 0 heterocycles. The van der Waals surface area contributed by atoms with Gasteiger partial charge in [-0.05, 0) is 44.2 Å². The lowest BCUT2D eigenvalue weighted by atomic mass is 9.95. The van der Waals surface area contributed by atoms with Crippen LogP contribution >= 0.6 is 0 Å². The maximum Gasteiger partial charge on any atom is 0.407 e. The number of amides is 4. The molecule has 2 aromatic carbocycles. The van der Waals surface area contributed by atoms with Crippen molar-refractivity contribution in [2.45, 2.75) is 84.2 Å². The fraction of sp³-hybridized carbons (Fsp3) is 0.484. The van der Waals surface area contributed by atoms with Crippen molar-refractivity contribution in [1.29, 1.82) is 0 Å². The molecule has 224 valence electrons. The molecule has 0 saturated carbocycles. The molecule has 0 saturated heterocycles. The molecule has 0 aliphatic carbocycles. The highest BCUT2D eigenvalue weighted by Gasteiger charge is 2.32. The summed E-state index contributed by atoms with van der Waals surface area (Å²) in [6.07, 6.45) is -0.701. The molecular formula is C31H44N4O6. The van der Waals surface area contributed by atoms with Crippen molar-refractivity contribution in [3.63, 3.8) is 0 Å². The first kappa shape index (κ1) is 33.1. The molecular weight excluding hydrogens is 524 g/mol. The summed E-state index contributed by atoms with van der Waals surface area (Å²) in [6, 6.07) is 16.2. The normalized spacial score (nSPS) is 14.0. The fourth-order valence-electron chi connectivity index (χ4n) is 4.12. The Kier molecular flexibility index (Phi) is 13.1. The van der Waals surface area contributed by atoms with E-state index in [1.54, 1.807) is 20.8 Å². The lowest BCUT2D eigenvalue weighted by Gasteiger charge is -2.31. The summed E-state index contributed by atoms with van der Waals surface area (Å²) in [5, 5.41) is 11.0. The maximum atomic E-state index is 13.3. The number of carbonyl (C=O) groups excluding carboxylic acids is 4. The zero-order valence-corrected chi connectivity index (χ0v) is 24.9.